The highest BCUT2D eigenvalue weighted by molar-refractivity contribution is 6.29. The van der Waals surface area contributed by atoms with Crippen molar-refractivity contribution in [1.29, 1.82) is 0 Å². The molecule has 2 aliphatic heterocycles. The van der Waals surface area contributed by atoms with E-state index < -0.39 is 11.9 Å². The third-order valence-electron chi connectivity index (χ3n) is 9.03. The Morgan fingerprint density at radius 1 is 0.535 bits per heavy atom. The number of nitrogens with zero attached hydrogens (tertiary/aromatic N) is 2. The molecule has 0 bridgehead atoms. The normalized spacial score (nSPS) is 21.7. The second-order valence-corrected chi connectivity index (χ2v) is 12.3. The molecule has 2 saturated heterocycles. The number of carbonyl (C=O) groups is 4. The van der Waals surface area contributed by atoms with Crippen molar-refractivity contribution < 1.29 is 43.8 Å². The molecule has 2 amide bonds. The van der Waals surface area contributed by atoms with Gasteiger partial charge in [-0.15, -0.1) is 10.1 Å². The molecule has 4 rings (SSSR count). The van der Waals surface area contributed by atoms with Gasteiger partial charge in [-0.3, -0.25) is 0 Å². The van der Waals surface area contributed by atoms with Gasteiger partial charge in [-0.2, -0.15) is 0 Å². The third-order valence-corrected chi connectivity index (χ3v) is 9.03. The molecule has 246 valence electrons. The Labute approximate surface area is 254 Å². The monoisotopic (exact) mass is 612 g/mol. The van der Waals surface area contributed by atoms with Crippen LogP contribution < -0.4 is 10.6 Å². The minimum Gasteiger partial charge on any atom is -0.446 e. The van der Waals surface area contributed by atoms with Gasteiger partial charge in [-0.25, -0.2) is 19.2 Å². The summed E-state index contributed by atoms with van der Waals surface area (Å²) >= 11 is 0. The lowest BCUT2D eigenvalue weighted by molar-refractivity contribution is -0.223. The van der Waals surface area contributed by atoms with Crippen LogP contribution in [0.4, 0.5) is 9.59 Å². The molecule has 0 aromatic heterocycles. The number of alkyl carbamates (subject to hydrolysis) is 2. The summed E-state index contributed by atoms with van der Waals surface area (Å²) in [5, 5.41) is 8.75. The molecule has 13 heteroatoms. The first-order valence-corrected chi connectivity index (χ1v) is 16.3. The highest BCUT2D eigenvalue weighted by Crippen LogP contribution is 2.23. The summed E-state index contributed by atoms with van der Waals surface area (Å²) in [4.78, 5) is 59.2. The van der Waals surface area contributed by atoms with Crippen molar-refractivity contribution in [3.8, 4) is 0 Å². The van der Waals surface area contributed by atoms with Gasteiger partial charge in [0.2, 0.25) is 0 Å². The maximum atomic E-state index is 12.3. The first kappa shape index (κ1) is 34.8. The van der Waals surface area contributed by atoms with Gasteiger partial charge >= 0.3 is 24.1 Å². The van der Waals surface area contributed by atoms with Crippen LogP contribution in [-0.2, 0) is 28.7 Å². The van der Waals surface area contributed by atoms with E-state index >= 15 is 0 Å². The molecule has 4 aliphatic rings. The zero-order valence-electron chi connectivity index (χ0n) is 25.5. The Kier molecular flexibility index (Phi) is 15.3. The number of hydroxylamine groups is 4. The summed E-state index contributed by atoms with van der Waals surface area (Å²) in [6.07, 6.45) is 15.1. The van der Waals surface area contributed by atoms with E-state index in [0.717, 1.165) is 89.9 Å². The maximum absolute atomic E-state index is 12.3. The van der Waals surface area contributed by atoms with Gasteiger partial charge in [0.25, 0.3) is 0 Å². The lowest BCUT2D eigenvalue weighted by atomic mass is 9.94. The highest BCUT2D eigenvalue weighted by Gasteiger charge is 2.29. The average molecular weight is 613 g/mol. The standard InChI is InChI=1S/C30H50N4O8.H2O/c35-27(41-33-19-13-23(14-20-33)11-17-31-29(37)39-25-7-3-1-4-8-25)28(36)42-34-21-15-24(16-22-34)12-18-32-30(38)40-26-9-5-2-6-10-26;/h23-26H,1-22H2,(H,31,37)(H,32,38);1H2. The number of hydrogen-bond acceptors (Lipinski definition) is 10. The van der Waals surface area contributed by atoms with E-state index in [-0.39, 0.29) is 29.9 Å². The van der Waals surface area contributed by atoms with E-state index in [0.29, 0.717) is 51.1 Å². The predicted octanol–water partition coefficient (Wildman–Crippen LogP) is 3.40. The van der Waals surface area contributed by atoms with Crippen LogP contribution in [0.1, 0.15) is 103 Å². The fourth-order valence-electron chi connectivity index (χ4n) is 6.40. The summed E-state index contributed by atoms with van der Waals surface area (Å²) < 4.78 is 11.0. The average Bonchev–Trinajstić information content (AvgIpc) is 3.00. The minimum absolute atomic E-state index is 0. The number of hydrogen-bond donors (Lipinski definition) is 2. The van der Waals surface area contributed by atoms with Crippen molar-refractivity contribution >= 4 is 24.1 Å². The van der Waals surface area contributed by atoms with Crippen molar-refractivity contribution in [2.24, 2.45) is 11.8 Å². The van der Waals surface area contributed by atoms with E-state index in [9.17, 15) is 19.2 Å². The van der Waals surface area contributed by atoms with Gasteiger partial charge < -0.3 is 35.3 Å². The predicted molar refractivity (Wildman–Crippen MR) is 156 cm³/mol. The van der Waals surface area contributed by atoms with Crippen molar-refractivity contribution in [2.45, 2.75) is 115 Å². The van der Waals surface area contributed by atoms with Crippen LogP contribution in [0.2, 0.25) is 0 Å². The van der Waals surface area contributed by atoms with E-state index in [2.05, 4.69) is 10.6 Å². The first-order valence-electron chi connectivity index (χ1n) is 16.3. The molecule has 2 saturated carbocycles. The van der Waals surface area contributed by atoms with Crippen LogP contribution in [0.15, 0.2) is 0 Å². The zero-order valence-corrected chi connectivity index (χ0v) is 25.5. The van der Waals surface area contributed by atoms with E-state index in [1.165, 1.54) is 23.0 Å². The Hall–Kier alpha value is -2.64. The molecule has 4 fully saturated rings. The highest BCUT2D eigenvalue weighted by atomic mass is 16.8. The Balaban J connectivity index is 0.00000506. The van der Waals surface area contributed by atoms with Crippen LogP contribution in [0.25, 0.3) is 0 Å². The molecule has 0 aromatic carbocycles. The number of carbonyl (C=O) groups excluding carboxylic acids is 4. The van der Waals surface area contributed by atoms with E-state index in [1.807, 2.05) is 0 Å². The first-order chi connectivity index (χ1) is 20.4. The van der Waals surface area contributed by atoms with E-state index in [1.54, 1.807) is 0 Å². The molecule has 4 N–H and O–H groups in total. The lowest BCUT2D eigenvalue weighted by Crippen LogP contribution is -2.42. The van der Waals surface area contributed by atoms with Crippen LogP contribution in [0.5, 0.6) is 0 Å². The summed E-state index contributed by atoms with van der Waals surface area (Å²) in [6, 6.07) is 0. The Bertz CT molecular complexity index is 794. The second kappa shape index (κ2) is 18.9. The minimum atomic E-state index is -1.01. The largest absolute Gasteiger partial charge is 0.446 e. The molecule has 2 heterocycles. The molecule has 0 atom stereocenters. The maximum Gasteiger partial charge on any atom is 0.438 e. The summed E-state index contributed by atoms with van der Waals surface area (Å²) in [6.45, 7) is 3.24. The summed E-state index contributed by atoms with van der Waals surface area (Å²) in [5.41, 5.74) is 0. The SMILES string of the molecule is O.O=C(NCCC1CCN(OC(=O)C(=O)ON2CCC(CCNC(=O)OC3CCCCC3)CC2)CC1)OC1CCCCC1. The number of nitrogens with one attached hydrogen (secondary N) is 2. The number of amides is 2. The second-order valence-electron chi connectivity index (χ2n) is 12.3. The zero-order chi connectivity index (χ0) is 29.6. The number of piperidine rings is 2. The number of rotatable bonds is 10. The van der Waals surface area contributed by atoms with Gasteiger partial charge in [-0.1, -0.05) is 12.8 Å². The molecule has 2 aliphatic carbocycles. The molecule has 0 radical (unpaired) electrons. The van der Waals surface area contributed by atoms with Crippen LogP contribution in [0.3, 0.4) is 0 Å². The fourth-order valence-corrected chi connectivity index (χ4v) is 6.40. The van der Waals surface area contributed by atoms with Crippen LogP contribution >= 0.6 is 0 Å². The van der Waals surface area contributed by atoms with Gasteiger partial charge in [0.15, 0.2) is 0 Å². The molecule has 43 heavy (non-hydrogen) atoms. The molecule has 0 spiro atoms. The van der Waals surface area contributed by atoms with Gasteiger partial charge in [-0.05, 0) is 102 Å². The van der Waals surface area contributed by atoms with E-state index in [4.69, 9.17) is 19.1 Å². The number of ether oxygens (including phenoxy) is 2. The molecular weight excluding hydrogens is 560 g/mol. The molecule has 0 aromatic rings. The molecule has 13 nitrogen and oxygen atoms in total. The topological polar surface area (TPSA) is 167 Å². The van der Waals surface area contributed by atoms with Crippen LogP contribution in [-0.4, -0.2) is 91.2 Å². The smallest absolute Gasteiger partial charge is 0.438 e. The van der Waals surface area contributed by atoms with Gasteiger partial charge in [0, 0.05) is 39.3 Å². The Morgan fingerprint density at radius 3 is 1.23 bits per heavy atom. The third kappa shape index (κ3) is 12.9. The van der Waals surface area contributed by atoms with Crippen molar-refractivity contribution in [3.05, 3.63) is 0 Å². The van der Waals surface area contributed by atoms with Gasteiger partial charge in [0.05, 0.1) is 0 Å². The van der Waals surface area contributed by atoms with Crippen molar-refractivity contribution in [2.75, 3.05) is 39.3 Å². The quantitative estimate of drug-likeness (QED) is 0.349. The molecule has 0 unspecified atom stereocenters. The van der Waals surface area contributed by atoms with Gasteiger partial charge in [0.1, 0.15) is 12.2 Å². The Morgan fingerprint density at radius 2 is 0.884 bits per heavy atom. The van der Waals surface area contributed by atoms with Crippen molar-refractivity contribution in [3.63, 3.8) is 0 Å². The lowest BCUT2D eigenvalue weighted by Gasteiger charge is -2.31. The summed E-state index contributed by atoms with van der Waals surface area (Å²) in [5.74, 6) is -1.21. The summed E-state index contributed by atoms with van der Waals surface area (Å²) in [7, 11) is 0. The fraction of sp³-hybridized carbons (Fsp3) is 0.867. The van der Waals surface area contributed by atoms with Crippen LogP contribution in [0, 0.1) is 11.8 Å². The molecular formula is C30H52N4O9. The van der Waals surface area contributed by atoms with Crippen molar-refractivity contribution in [1.82, 2.24) is 20.8 Å².